The first-order chi connectivity index (χ1) is 17.5. The van der Waals surface area contributed by atoms with E-state index in [-0.39, 0.29) is 30.7 Å². The summed E-state index contributed by atoms with van der Waals surface area (Å²) < 4.78 is 5.56. The summed E-state index contributed by atoms with van der Waals surface area (Å²) in [6.45, 7) is 5.49. The lowest BCUT2D eigenvalue weighted by molar-refractivity contribution is -0.142. The van der Waals surface area contributed by atoms with Crippen molar-refractivity contribution in [3.63, 3.8) is 0 Å². The quantitative estimate of drug-likeness (QED) is 0.369. The van der Waals surface area contributed by atoms with E-state index in [1.165, 1.54) is 10.5 Å². The number of ketones is 1. The van der Waals surface area contributed by atoms with E-state index < -0.39 is 23.7 Å². The Morgan fingerprint density at radius 1 is 1.19 bits per heavy atom. The third-order valence-electron chi connectivity index (χ3n) is 8.52. The van der Waals surface area contributed by atoms with Crippen LogP contribution in [-0.4, -0.2) is 83.9 Å². The molecule has 4 aliphatic rings. The van der Waals surface area contributed by atoms with Crippen LogP contribution in [0.2, 0.25) is 0 Å². The van der Waals surface area contributed by atoms with Crippen molar-refractivity contribution in [2.75, 3.05) is 32.8 Å². The minimum absolute atomic E-state index is 0.0975. The van der Waals surface area contributed by atoms with Crippen molar-refractivity contribution < 1.29 is 19.1 Å². The summed E-state index contributed by atoms with van der Waals surface area (Å²) in [5.41, 5.74) is 9.63. The summed E-state index contributed by atoms with van der Waals surface area (Å²) in [5, 5.41) is 6.81. The Balaban J connectivity index is 1.30. The van der Waals surface area contributed by atoms with Crippen LogP contribution in [0.4, 0.5) is 0 Å². The number of likely N-dealkylation sites (tertiary alicyclic amines) is 2. The predicted octanol–water partition coefficient (Wildman–Crippen LogP) is 2.79. The topological polar surface area (TPSA) is 128 Å². The molecular weight excluding hydrogens is 460 g/mol. The summed E-state index contributed by atoms with van der Waals surface area (Å²) in [7, 11) is 0. The molecule has 4 fully saturated rings. The molecule has 0 spiro atoms. The van der Waals surface area contributed by atoms with E-state index >= 15 is 0 Å². The molecule has 10 heteroatoms. The van der Waals surface area contributed by atoms with Gasteiger partial charge in [-0.1, -0.05) is 37.0 Å². The highest BCUT2D eigenvalue weighted by Crippen LogP contribution is 2.37. The molecule has 3 saturated heterocycles. The molecule has 0 unspecified atom stereocenters. The van der Waals surface area contributed by atoms with Gasteiger partial charge >= 0.3 is 0 Å². The first-order valence-electron chi connectivity index (χ1n) is 13.1. The van der Waals surface area contributed by atoms with Crippen molar-refractivity contribution in [3.05, 3.63) is 45.8 Å². The Morgan fingerprint density at radius 2 is 1.89 bits per heavy atom. The number of benzene rings is 1. The van der Waals surface area contributed by atoms with Crippen LogP contribution in [0.15, 0.2) is 29.4 Å². The van der Waals surface area contributed by atoms with Crippen molar-refractivity contribution in [3.8, 4) is 0 Å². The fourth-order valence-corrected chi connectivity index (χ4v) is 6.43. The van der Waals surface area contributed by atoms with E-state index in [4.69, 9.17) is 10.3 Å². The molecule has 5 rings (SSSR count). The molecule has 1 aromatic rings. The number of carbonyl (C=O) groups excluding carboxylic acids is 3. The molecule has 3 aliphatic heterocycles. The van der Waals surface area contributed by atoms with Gasteiger partial charge in [-0.05, 0) is 74.5 Å². The summed E-state index contributed by atoms with van der Waals surface area (Å²) in [4.78, 5) is 46.5. The lowest BCUT2D eigenvalue weighted by Crippen LogP contribution is -2.60. The van der Waals surface area contributed by atoms with E-state index in [1.54, 1.807) is 0 Å². The van der Waals surface area contributed by atoms with Gasteiger partial charge in [0, 0.05) is 17.0 Å². The average Bonchev–Trinajstić information content (AvgIpc) is 3.62. The summed E-state index contributed by atoms with van der Waals surface area (Å²) in [6.07, 6.45) is 4.27. The predicted molar refractivity (Wildman–Crippen MR) is 132 cm³/mol. The second-order valence-electron chi connectivity index (χ2n) is 10.5. The van der Waals surface area contributed by atoms with Crippen LogP contribution in [0.1, 0.15) is 67.3 Å². The Labute approximate surface area is 211 Å². The van der Waals surface area contributed by atoms with Crippen molar-refractivity contribution >= 4 is 17.6 Å². The van der Waals surface area contributed by atoms with Crippen LogP contribution >= 0.6 is 0 Å². The highest BCUT2D eigenvalue weighted by molar-refractivity contribution is 6.01. The van der Waals surface area contributed by atoms with Gasteiger partial charge in [0.2, 0.25) is 5.91 Å². The number of hydrogen-bond donors (Lipinski definition) is 1. The maximum absolute atomic E-state index is 13.9. The monoisotopic (exact) mass is 494 g/mol. The molecule has 1 N–H and O–H groups in total. The number of rotatable bonds is 6. The molecule has 192 valence electrons. The normalized spacial score (nSPS) is 28.1. The van der Waals surface area contributed by atoms with Gasteiger partial charge in [-0.2, -0.15) is 0 Å². The molecular formula is C26H34N6O4. The smallest absolute Gasteiger partial charge is 0.252 e. The molecule has 2 amide bonds. The molecule has 1 aliphatic carbocycles. The van der Waals surface area contributed by atoms with Crippen LogP contribution in [0, 0.1) is 0 Å². The molecule has 1 saturated carbocycles. The second kappa shape index (κ2) is 10.2. The molecule has 3 heterocycles. The van der Waals surface area contributed by atoms with Crippen molar-refractivity contribution in [2.24, 2.45) is 5.11 Å². The maximum atomic E-state index is 13.9. The zero-order valence-electron chi connectivity index (χ0n) is 20.8. The number of ether oxygens (including phenoxy) is 1. The first kappa shape index (κ1) is 24.7. The molecule has 36 heavy (non-hydrogen) atoms. The van der Waals surface area contributed by atoms with Gasteiger partial charge in [-0.3, -0.25) is 14.4 Å². The van der Waals surface area contributed by atoms with Gasteiger partial charge < -0.3 is 19.9 Å². The molecule has 0 bridgehead atoms. The van der Waals surface area contributed by atoms with Crippen LogP contribution in [-0.2, 0) is 14.3 Å². The molecule has 3 atom stereocenters. The number of azide groups is 1. The van der Waals surface area contributed by atoms with Gasteiger partial charge in [-0.25, -0.2) is 0 Å². The Hall–Kier alpha value is -2.94. The number of piperidine rings is 1. The van der Waals surface area contributed by atoms with Crippen LogP contribution in [0.25, 0.3) is 10.4 Å². The Kier molecular flexibility index (Phi) is 7.01. The molecule has 10 nitrogen and oxygen atoms in total. The van der Waals surface area contributed by atoms with Crippen LogP contribution < -0.4 is 5.32 Å². The van der Waals surface area contributed by atoms with Crippen molar-refractivity contribution in [1.82, 2.24) is 15.1 Å². The van der Waals surface area contributed by atoms with E-state index in [0.717, 1.165) is 45.3 Å². The number of Topliss-reactive ketones (excluding diaryl/α,β-unsaturated/α-hetero) is 1. The first-order valence-corrected chi connectivity index (χ1v) is 13.1. The van der Waals surface area contributed by atoms with Gasteiger partial charge in [0.15, 0.2) is 5.78 Å². The number of hydrogen-bond acceptors (Lipinski definition) is 6. The highest BCUT2D eigenvalue weighted by atomic mass is 16.5. The maximum Gasteiger partial charge on any atom is 0.252 e. The zero-order chi connectivity index (χ0) is 25.3. The minimum atomic E-state index is -1.07. The summed E-state index contributed by atoms with van der Waals surface area (Å²) in [5.74, 6) is -0.249. The number of amides is 2. The lowest BCUT2D eigenvalue weighted by atomic mass is 9.89. The molecule has 1 aromatic carbocycles. The third-order valence-corrected chi connectivity index (χ3v) is 8.52. The van der Waals surface area contributed by atoms with Crippen molar-refractivity contribution in [1.29, 1.82) is 0 Å². The van der Waals surface area contributed by atoms with Crippen molar-refractivity contribution in [2.45, 2.75) is 75.1 Å². The minimum Gasteiger partial charge on any atom is -0.367 e. The van der Waals surface area contributed by atoms with Gasteiger partial charge in [0.1, 0.15) is 18.2 Å². The van der Waals surface area contributed by atoms with Gasteiger partial charge in [0.05, 0.1) is 12.1 Å². The third kappa shape index (κ3) is 4.49. The van der Waals surface area contributed by atoms with E-state index in [2.05, 4.69) is 27.2 Å². The standard InChI is InChI=1S/C26H34N6O4/c1-2-31-13-9-18(10-14-31)17-5-7-19(8-6-17)24(34)28-26(11-3-4-12-26)25(35)32-15-20(29-30-27)23-22(32)21(33)16-36-23/h5-8,18,20,22-23H,2-4,9-16H2,1H3,(H,28,34)/t20-,22+,23+/m0/s1. The van der Waals surface area contributed by atoms with Crippen LogP contribution in [0.3, 0.4) is 0 Å². The SMILES string of the molecule is CCN1CCC(c2ccc(C(=O)NC3(C(=O)N4C[C@H](N=[N+]=[N-])[C@H]5OCC(=O)[C@H]54)CCCC3)cc2)CC1. The van der Waals surface area contributed by atoms with Crippen LogP contribution in [0.5, 0.6) is 0 Å². The highest BCUT2D eigenvalue weighted by Gasteiger charge is 2.56. The Bertz CT molecular complexity index is 1050. The molecule has 0 aromatic heterocycles. The fraction of sp³-hybridized carbons (Fsp3) is 0.654. The van der Waals surface area contributed by atoms with E-state index in [9.17, 15) is 14.4 Å². The largest absolute Gasteiger partial charge is 0.367 e. The van der Waals surface area contributed by atoms with E-state index in [1.807, 2.05) is 24.3 Å². The number of carbonyl (C=O) groups is 3. The summed E-state index contributed by atoms with van der Waals surface area (Å²) in [6, 6.07) is 6.40. The number of nitrogens with zero attached hydrogens (tertiary/aromatic N) is 5. The summed E-state index contributed by atoms with van der Waals surface area (Å²) >= 11 is 0. The lowest BCUT2D eigenvalue weighted by Gasteiger charge is -2.35. The second-order valence-corrected chi connectivity index (χ2v) is 10.5. The van der Waals surface area contributed by atoms with E-state index in [0.29, 0.717) is 24.3 Å². The van der Waals surface area contributed by atoms with Gasteiger partial charge in [-0.15, -0.1) is 0 Å². The zero-order valence-corrected chi connectivity index (χ0v) is 20.8. The van der Waals surface area contributed by atoms with Gasteiger partial charge in [0.25, 0.3) is 5.91 Å². The average molecular weight is 495 g/mol. The number of nitrogens with one attached hydrogen (secondary N) is 1. The molecule has 0 radical (unpaired) electrons. The Morgan fingerprint density at radius 3 is 2.53 bits per heavy atom. The fourth-order valence-electron chi connectivity index (χ4n) is 6.43. The number of fused-ring (bicyclic) bond motifs is 1.